The number of rotatable bonds is 2. The molecule has 1 heterocycles. The van der Waals surface area contributed by atoms with Crippen LogP contribution in [0.5, 0.6) is 11.6 Å². The zero-order chi connectivity index (χ0) is 10.7. The van der Waals surface area contributed by atoms with Crippen molar-refractivity contribution >= 4 is 5.69 Å². The van der Waals surface area contributed by atoms with E-state index in [1.165, 1.54) is 12.1 Å². The van der Waals surface area contributed by atoms with Gasteiger partial charge in [0.1, 0.15) is 0 Å². The summed E-state index contributed by atoms with van der Waals surface area (Å²) in [7, 11) is 0. The van der Waals surface area contributed by atoms with E-state index < -0.39 is 5.82 Å². The summed E-state index contributed by atoms with van der Waals surface area (Å²) in [5, 5.41) is 0. The van der Waals surface area contributed by atoms with Crippen LogP contribution >= 0.6 is 0 Å². The Kier molecular flexibility index (Phi) is 2.49. The molecule has 0 saturated heterocycles. The van der Waals surface area contributed by atoms with E-state index in [9.17, 15) is 4.39 Å². The zero-order valence-electron chi connectivity index (χ0n) is 7.85. The van der Waals surface area contributed by atoms with Gasteiger partial charge >= 0.3 is 0 Å². The lowest BCUT2D eigenvalue weighted by atomic mass is 10.3. The van der Waals surface area contributed by atoms with E-state index in [-0.39, 0.29) is 5.75 Å². The number of hydrogen-bond donors (Lipinski definition) is 1. The van der Waals surface area contributed by atoms with Crippen LogP contribution in [0.1, 0.15) is 0 Å². The number of benzene rings is 1. The van der Waals surface area contributed by atoms with Gasteiger partial charge in [0, 0.05) is 24.0 Å². The molecule has 3 nitrogen and oxygen atoms in total. The van der Waals surface area contributed by atoms with Crippen molar-refractivity contribution in [3.63, 3.8) is 0 Å². The van der Waals surface area contributed by atoms with E-state index in [2.05, 4.69) is 4.98 Å². The second-order valence-corrected chi connectivity index (χ2v) is 2.96. The molecule has 15 heavy (non-hydrogen) atoms. The number of nitrogens with zero attached hydrogens (tertiary/aromatic N) is 1. The van der Waals surface area contributed by atoms with Gasteiger partial charge in [0.25, 0.3) is 0 Å². The molecule has 2 rings (SSSR count). The van der Waals surface area contributed by atoms with Crippen LogP contribution in [0.4, 0.5) is 10.1 Å². The van der Waals surface area contributed by atoms with Gasteiger partial charge in [-0.1, -0.05) is 6.07 Å². The molecule has 0 aliphatic rings. The van der Waals surface area contributed by atoms with Crippen LogP contribution in [-0.4, -0.2) is 4.98 Å². The van der Waals surface area contributed by atoms with Gasteiger partial charge in [-0.2, -0.15) is 0 Å². The first kappa shape index (κ1) is 9.45. The molecule has 1 aromatic heterocycles. The smallest absolute Gasteiger partial charge is 0.219 e. The molecule has 0 aliphatic carbocycles. The molecule has 76 valence electrons. The molecule has 0 aliphatic heterocycles. The number of hydrogen-bond acceptors (Lipinski definition) is 3. The highest BCUT2D eigenvalue weighted by molar-refractivity contribution is 5.43. The highest BCUT2D eigenvalue weighted by Crippen LogP contribution is 2.23. The maximum Gasteiger partial charge on any atom is 0.219 e. The molecule has 2 aromatic rings. The molecular formula is C11H9FN2O. The lowest BCUT2D eigenvalue weighted by molar-refractivity contribution is 0.428. The van der Waals surface area contributed by atoms with Crippen LogP contribution < -0.4 is 10.5 Å². The van der Waals surface area contributed by atoms with Crippen LogP contribution in [0, 0.1) is 5.82 Å². The Hall–Kier alpha value is -2.10. The zero-order valence-corrected chi connectivity index (χ0v) is 7.85. The summed E-state index contributed by atoms with van der Waals surface area (Å²) in [5.74, 6) is -0.0373. The van der Waals surface area contributed by atoms with Crippen molar-refractivity contribution in [1.82, 2.24) is 4.98 Å². The Morgan fingerprint density at radius 3 is 2.73 bits per heavy atom. The SMILES string of the molecule is Nc1ccc(Oc2ccccn2)c(F)c1. The summed E-state index contributed by atoms with van der Waals surface area (Å²) in [4.78, 5) is 3.92. The number of aromatic nitrogens is 1. The van der Waals surface area contributed by atoms with Crippen LogP contribution in [0.2, 0.25) is 0 Å². The predicted octanol–water partition coefficient (Wildman–Crippen LogP) is 2.60. The second kappa shape index (κ2) is 3.96. The predicted molar refractivity (Wildman–Crippen MR) is 55.1 cm³/mol. The van der Waals surface area contributed by atoms with Crippen molar-refractivity contribution in [3.8, 4) is 11.6 Å². The molecule has 0 atom stereocenters. The molecule has 0 radical (unpaired) electrons. The Morgan fingerprint density at radius 1 is 1.20 bits per heavy atom. The van der Waals surface area contributed by atoms with Crippen molar-refractivity contribution in [2.45, 2.75) is 0 Å². The molecule has 0 amide bonds. The minimum Gasteiger partial charge on any atom is -0.436 e. The first-order chi connectivity index (χ1) is 7.25. The van der Waals surface area contributed by atoms with Gasteiger partial charge in [0.15, 0.2) is 11.6 Å². The normalized spacial score (nSPS) is 9.93. The van der Waals surface area contributed by atoms with Crippen molar-refractivity contribution in [3.05, 3.63) is 48.4 Å². The minimum atomic E-state index is -0.499. The van der Waals surface area contributed by atoms with Gasteiger partial charge in [-0.25, -0.2) is 9.37 Å². The summed E-state index contributed by atoms with van der Waals surface area (Å²) < 4.78 is 18.5. The molecule has 0 unspecified atom stereocenters. The van der Waals surface area contributed by atoms with E-state index in [4.69, 9.17) is 10.5 Å². The van der Waals surface area contributed by atoms with Crippen LogP contribution in [-0.2, 0) is 0 Å². The number of anilines is 1. The molecule has 0 bridgehead atoms. The molecule has 1 aromatic carbocycles. The highest BCUT2D eigenvalue weighted by atomic mass is 19.1. The summed E-state index contributed by atoms with van der Waals surface area (Å²) in [6, 6.07) is 9.42. The Morgan fingerprint density at radius 2 is 2.07 bits per heavy atom. The van der Waals surface area contributed by atoms with Gasteiger partial charge in [-0.05, 0) is 18.2 Å². The highest BCUT2D eigenvalue weighted by Gasteiger charge is 2.04. The van der Waals surface area contributed by atoms with Gasteiger partial charge in [0.2, 0.25) is 5.88 Å². The van der Waals surface area contributed by atoms with Crippen LogP contribution in [0.3, 0.4) is 0 Å². The number of nitrogen functional groups attached to an aromatic ring is 1. The average Bonchev–Trinajstić information content (AvgIpc) is 2.24. The minimum absolute atomic E-state index is 0.114. The number of pyridine rings is 1. The monoisotopic (exact) mass is 204 g/mol. The quantitative estimate of drug-likeness (QED) is 0.765. The van der Waals surface area contributed by atoms with Gasteiger partial charge in [0.05, 0.1) is 0 Å². The third-order valence-electron chi connectivity index (χ3n) is 1.81. The number of nitrogens with two attached hydrogens (primary N) is 1. The van der Waals surface area contributed by atoms with Crippen LogP contribution in [0.25, 0.3) is 0 Å². The van der Waals surface area contributed by atoms with E-state index in [0.29, 0.717) is 11.6 Å². The van der Waals surface area contributed by atoms with E-state index >= 15 is 0 Å². The molecule has 2 N–H and O–H groups in total. The average molecular weight is 204 g/mol. The molecule has 0 spiro atoms. The first-order valence-corrected chi connectivity index (χ1v) is 4.39. The van der Waals surface area contributed by atoms with E-state index in [1.807, 2.05) is 0 Å². The molecule has 0 fully saturated rings. The fourth-order valence-electron chi connectivity index (χ4n) is 1.12. The van der Waals surface area contributed by atoms with Gasteiger partial charge in [-0.3, -0.25) is 0 Å². The van der Waals surface area contributed by atoms with E-state index in [0.717, 1.165) is 0 Å². The fourth-order valence-corrected chi connectivity index (χ4v) is 1.12. The second-order valence-electron chi connectivity index (χ2n) is 2.96. The number of halogens is 1. The summed E-state index contributed by atoms with van der Waals surface area (Å²) in [6.07, 6.45) is 1.57. The molecular weight excluding hydrogens is 195 g/mol. The Balaban J connectivity index is 2.25. The number of ether oxygens (including phenoxy) is 1. The standard InChI is InChI=1S/C11H9FN2O/c12-9-7-8(13)4-5-10(9)15-11-3-1-2-6-14-11/h1-7H,13H2. The van der Waals surface area contributed by atoms with Crippen LogP contribution in [0.15, 0.2) is 42.6 Å². The van der Waals surface area contributed by atoms with Crippen molar-refractivity contribution in [1.29, 1.82) is 0 Å². The molecule has 4 heteroatoms. The van der Waals surface area contributed by atoms with Gasteiger partial charge in [-0.15, -0.1) is 0 Å². The maximum absolute atomic E-state index is 13.3. The summed E-state index contributed by atoms with van der Waals surface area (Å²) in [5.41, 5.74) is 5.77. The summed E-state index contributed by atoms with van der Waals surface area (Å²) in [6.45, 7) is 0. The topological polar surface area (TPSA) is 48.1 Å². The maximum atomic E-state index is 13.3. The van der Waals surface area contributed by atoms with Crippen molar-refractivity contribution in [2.75, 3.05) is 5.73 Å². The van der Waals surface area contributed by atoms with Crippen molar-refractivity contribution in [2.24, 2.45) is 0 Å². The lowest BCUT2D eigenvalue weighted by Gasteiger charge is -2.05. The Labute approximate surface area is 86.3 Å². The lowest BCUT2D eigenvalue weighted by Crippen LogP contribution is -1.92. The first-order valence-electron chi connectivity index (χ1n) is 4.39. The summed E-state index contributed by atoms with van der Waals surface area (Å²) >= 11 is 0. The van der Waals surface area contributed by atoms with Crippen molar-refractivity contribution < 1.29 is 9.13 Å². The Bertz CT molecular complexity index is 459. The fraction of sp³-hybridized carbons (Fsp3) is 0. The van der Waals surface area contributed by atoms with E-state index in [1.54, 1.807) is 30.5 Å². The third kappa shape index (κ3) is 2.22. The molecule has 0 saturated carbocycles. The largest absolute Gasteiger partial charge is 0.436 e. The third-order valence-corrected chi connectivity index (χ3v) is 1.81. The van der Waals surface area contributed by atoms with Gasteiger partial charge < -0.3 is 10.5 Å².